The molecule has 0 aromatic heterocycles. The standard InChI is InChI=1S/C15H14O2/c1-5-3-15(14-11(5)17-14)4-8-6-2-7(10(8)9(1)15)13-12(6)16-13/h5-10H,1-4H2. The van der Waals surface area contributed by atoms with E-state index in [2.05, 4.69) is 0 Å². The highest BCUT2D eigenvalue weighted by Gasteiger charge is 2.76. The lowest BCUT2D eigenvalue weighted by Crippen LogP contribution is -2.25. The summed E-state index contributed by atoms with van der Waals surface area (Å²) in [6, 6.07) is 0. The molecule has 2 nitrogen and oxygen atoms in total. The zero-order chi connectivity index (χ0) is 10.5. The fourth-order valence-corrected chi connectivity index (χ4v) is 6.86. The van der Waals surface area contributed by atoms with E-state index in [1.54, 1.807) is 0 Å². The Morgan fingerprint density at radius 3 is 2.82 bits per heavy atom. The summed E-state index contributed by atoms with van der Waals surface area (Å²) in [5.41, 5.74) is 0.532. The largest absolute Gasteiger partial charge is 0.458 e. The maximum atomic E-state index is 5.83. The molecule has 7 aliphatic rings. The summed E-state index contributed by atoms with van der Waals surface area (Å²) in [5.74, 6) is 11.1. The molecule has 7 rings (SSSR count). The van der Waals surface area contributed by atoms with Gasteiger partial charge in [-0.1, -0.05) is 0 Å². The minimum Gasteiger partial charge on any atom is -0.458 e. The second-order valence-corrected chi connectivity index (χ2v) is 7.42. The molecular weight excluding hydrogens is 212 g/mol. The van der Waals surface area contributed by atoms with Crippen molar-refractivity contribution in [3.63, 3.8) is 0 Å². The quantitative estimate of drug-likeness (QED) is 0.634. The van der Waals surface area contributed by atoms with E-state index >= 15 is 0 Å². The summed E-state index contributed by atoms with van der Waals surface area (Å²) in [4.78, 5) is 0. The molecule has 0 saturated heterocycles. The van der Waals surface area contributed by atoms with Crippen molar-refractivity contribution in [1.29, 1.82) is 0 Å². The van der Waals surface area contributed by atoms with Gasteiger partial charge in [-0.05, 0) is 43.4 Å². The van der Waals surface area contributed by atoms with E-state index in [4.69, 9.17) is 9.47 Å². The Balaban J connectivity index is 1.45. The number of rotatable bonds is 0. The molecule has 0 aromatic rings. The van der Waals surface area contributed by atoms with Gasteiger partial charge >= 0.3 is 0 Å². The van der Waals surface area contributed by atoms with Crippen molar-refractivity contribution in [2.24, 2.45) is 40.9 Å². The Morgan fingerprint density at radius 2 is 1.88 bits per heavy atom. The number of ether oxygens (including phenoxy) is 2. The van der Waals surface area contributed by atoms with Crippen LogP contribution in [0, 0.1) is 40.9 Å². The van der Waals surface area contributed by atoms with Gasteiger partial charge in [0.15, 0.2) is 0 Å². The van der Waals surface area contributed by atoms with Gasteiger partial charge in [0, 0.05) is 23.2 Å². The molecule has 3 fully saturated rings. The Morgan fingerprint density at radius 1 is 0.941 bits per heavy atom. The molecule has 0 aromatic carbocycles. The molecule has 1 spiro atoms. The lowest BCUT2D eigenvalue weighted by molar-refractivity contribution is 0.182. The second-order valence-electron chi connectivity index (χ2n) is 7.42. The zero-order valence-corrected chi connectivity index (χ0v) is 9.61. The molecule has 7 unspecified atom stereocenters. The van der Waals surface area contributed by atoms with E-state index in [1.165, 1.54) is 48.7 Å². The van der Waals surface area contributed by atoms with Crippen molar-refractivity contribution in [3.05, 3.63) is 23.0 Å². The van der Waals surface area contributed by atoms with Gasteiger partial charge in [0.25, 0.3) is 0 Å². The average Bonchev–Trinajstić information content (AvgIpc) is 3.13. The van der Waals surface area contributed by atoms with Crippen LogP contribution in [-0.2, 0) is 9.47 Å². The number of allylic oxidation sites excluding steroid dienone is 4. The lowest BCUT2D eigenvalue weighted by atomic mass is 9.74. The van der Waals surface area contributed by atoms with Gasteiger partial charge in [0.2, 0.25) is 0 Å². The van der Waals surface area contributed by atoms with Gasteiger partial charge in [0.05, 0.1) is 0 Å². The molecule has 0 amide bonds. The molecule has 2 heteroatoms. The van der Waals surface area contributed by atoms with Crippen LogP contribution in [0.25, 0.3) is 0 Å². The van der Waals surface area contributed by atoms with E-state index in [0.717, 1.165) is 35.5 Å². The predicted molar refractivity (Wildman–Crippen MR) is 58.1 cm³/mol. The average molecular weight is 226 g/mol. The van der Waals surface area contributed by atoms with Gasteiger partial charge < -0.3 is 9.47 Å². The van der Waals surface area contributed by atoms with Crippen LogP contribution in [0.3, 0.4) is 0 Å². The van der Waals surface area contributed by atoms with Crippen molar-refractivity contribution in [3.8, 4) is 0 Å². The minimum atomic E-state index is 0.532. The van der Waals surface area contributed by atoms with E-state index in [0.29, 0.717) is 5.41 Å². The highest BCUT2D eigenvalue weighted by molar-refractivity contribution is 5.45. The van der Waals surface area contributed by atoms with Crippen LogP contribution in [0.4, 0.5) is 0 Å². The first kappa shape index (κ1) is 7.50. The predicted octanol–water partition coefficient (Wildman–Crippen LogP) is 2.78. The van der Waals surface area contributed by atoms with E-state index in [1.807, 2.05) is 0 Å². The summed E-state index contributed by atoms with van der Waals surface area (Å²) in [6.07, 6.45) is 5.75. The van der Waals surface area contributed by atoms with Gasteiger partial charge in [0.1, 0.15) is 23.0 Å². The highest BCUT2D eigenvalue weighted by Crippen LogP contribution is 2.81. The summed E-state index contributed by atoms with van der Waals surface area (Å²) in [7, 11) is 0. The molecule has 3 saturated carbocycles. The third kappa shape index (κ3) is 0.541. The number of hydrogen-bond donors (Lipinski definition) is 0. The van der Waals surface area contributed by atoms with E-state index in [-0.39, 0.29) is 0 Å². The molecule has 4 bridgehead atoms. The SMILES string of the molecule is C1C2C3=C(O3)C1C1C2CC23CC(CC12)C1=C3O1. The first-order chi connectivity index (χ1) is 8.37. The van der Waals surface area contributed by atoms with Crippen LogP contribution in [-0.4, -0.2) is 0 Å². The van der Waals surface area contributed by atoms with Gasteiger partial charge in [-0.25, -0.2) is 0 Å². The zero-order valence-electron chi connectivity index (χ0n) is 9.61. The highest BCUT2D eigenvalue weighted by atomic mass is 16.6. The van der Waals surface area contributed by atoms with Crippen LogP contribution >= 0.6 is 0 Å². The van der Waals surface area contributed by atoms with Crippen LogP contribution < -0.4 is 0 Å². The molecule has 86 valence electrons. The summed E-state index contributed by atoms with van der Waals surface area (Å²) in [6.45, 7) is 0. The normalized spacial score (nSPS) is 65.4. The molecule has 17 heavy (non-hydrogen) atoms. The molecule has 0 radical (unpaired) electrons. The molecule has 2 heterocycles. The van der Waals surface area contributed by atoms with Gasteiger partial charge in [-0.2, -0.15) is 0 Å². The maximum Gasteiger partial charge on any atom is 0.149 e. The fourth-order valence-electron chi connectivity index (χ4n) is 6.86. The maximum absolute atomic E-state index is 5.83. The smallest absolute Gasteiger partial charge is 0.149 e. The lowest BCUT2D eigenvalue weighted by Gasteiger charge is -2.28. The molecule has 7 atom stereocenters. The molecule has 2 aliphatic heterocycles. The van der Waals surface area contributed by atoms with Crippen LogP contribution in [0.15, 0.2) is 23.0 Å². The topological polar surface area (TPSA) is 25.1 Å². The van der Waals surface area contributed by atoms with Gasteiger partial charge in [-0.15, -0.1) is 0 Å². The van der Waals surface area contributed by atoms with Crippen LogP contribution in [0.2, 0.25) is 0 Å². The van der Waals surface area contributed by atoms with Crippen molar-refractivity contribution >= 4 is 0 Å². The molecule has 5 aliphatic carbocycles. The van der Waals surface area contributed by atoms with Crippen molar-refractivity contribution < 1.29 is 9.47 Å². The third-order valence-electron chi connectivity index (χ3n) is 7.22. The van der Waals surface area contributed by atoms with Crippen LogP contribution in [0.5, 0.6) is 0 Å². The third-order valence-corrected chi connectivity index (χ3v) is 7.22. The van der Waals surface area contributed by atoms with Crippen LogP contribution in [0.1, 0.15) is 25.7 Å². The van der Waals surface area contributed by atoms with E-state index in [9.17, 15) is 0 Å². The molecular formula is C15H14O2. The minimum absolute atomic E-state index is 0.532. The first-order valence-electron chi connectivity index (χ1n) is 7.21. The summed E-state index contributed by atoms with van der Waals surface area (Å²) >= 11 is 0. The fraction of sp³-hybridized carbons (Fsp3) is 0.733. The van der Waals surface area contributed by atoms with Crippen molar-refractivity contribution in [2.45, 2.75) is 25.7 Å². The van der Waals surface area contributed by atoms with Crippen molar-refractivity contribution in [2.75, 3.05) is 0 Å². The van der Waals surface area contributed by atoms with E-state index < -0.39 is 0 Å². The Bertz CT molecular complexity index is 586. The second kappa shape index (κ2) is 1.77. The number of hydrogen-bond acceptors (Lipinski definition) is 2. The Hall–Kier alpha value is -0.920. The first-order valence-corrected chi connectivity index (χ1v) is 7.21. The van der Waals surface area contributed by atoms with Crippen molar-refractivity contribution in [1.82, 2.24) is 0 Å². The van der Waals surface area contributed by atoms with Gasteiger partial charge in [-0.3, -0.25) is 0 Å². The monoisotopic (exact) mass is 226 g/mol. The Labute approximate surface area is 99.7 Å². The number of fused-ring (bicyclic) bond motifs is 10. The Kier molecular flexibility index (Phi) is 0.782. The molecule has 0 N–H and O–H groups in total. The summed E-state index contributed by atoms with van der Waals surface area (Å²) in [5, 5.41) is 0. The summed E-state index contributed by atoms with van der Waals surface area (Å²) < 4.78 is 11.6.